The van der Waals surface area contributed by atoms with Crippen molar-refractivity contribution < 1.29 is 4.74 Å². The normalized spacial score (nSPS) is 23.8. The van der Waals surface area contributed by atoms with Crippen LogP contribution in [0.2, 0.25) is 0 Å². The van der Waals surface area contributed by atoms with E-state index in [2.05, 4.69) is 35.9 Å². The number of aryl methyl sites for hydroxylation is 1. The van der Waals surface area contributed by atoms with E-state index in [-0.39, 0.29) is 11.7 Å². The van der Waals surface area contributed by atoms with E-state index in [9.17, 15) is 0 Å². The zero-order chi connectivity index (χ0) is 12.5. The molecular formula is C13H19ClN2O. The van der Waals surface area contributed by atoms with Crippen LogP contribution in [-0.4, -0.2) is 35.7 Å². The minimum Gasteiger partial charge on any atom is -0.367 e. The Morgan fingerprint density at radius 2 is 2.29 bits per heavy atom. The molecule has 0 N–H and O–H groups in total. The van der Waals surface area contributed by atoms with Crippen LogP contribution >= 0.6 is 11.6 Å². The zero-order valence-electron chi connectivity index (χ0n) is 10.6. The number of anilines is 1. The number of morpholine rings is 1. The van der Waals surface area contributed by atoms with Crippen molar-refractivity contribution >= 4 is 17.4 Å². The number of pyridine rings is 1. The van der Waals surface area contributed by atoms with Crippen LogP contribution in [0.4, 0.5) is 5.82 Å². The maximum atomic E-state index is 5.91. The van der Waals surface area contributed by atoms with Gasteiger partial charge in [0.05, 0.1) is 17.6 Å². The van der Waals surface area contributed by atoms with Gasteiger partial charge in [-0.25, -0.2) is 4.98 Å². The second kappa shape index (κ2) is 4.83. The molecular weight excluding hydrogens is 236 g/mol. The van der Waals surface area contributed by atoms with E-state index in [4.69, 9.17) is 16.3 Å². The minimum atomic E-state index is -0.176. The highest BCUT2D eigenvalue weighted by Crippen LogP contribution is 2.25. The van der Waals surface area contributed by atoms with Crippen molar-refractivity contribution in [3.8, 4) is 0 Å². The number of hydrogen-bond acceptors (Lipinski definition) is 3. The predicted molar refractivity (Wildman–Crippen MR) is 70.9 cm³/mol. The summed E-state index contributed by atoms with van der Waals surface area (Å²) in [5, 5.41) is 0. The molecule has 3 nitrogen and oxygen atoms in total. The van der Waals surface area contributed by atoms with Gasteiger partial charge in [-0.1, -0.05) is 6.07 Å². The Bertz CT molecular complexity index is 378. The van der Waals surface area contributed by atoms with E-state index in [1.165, 1.54) is 5.56 Å². The number of rotatable bonds is 2. The first-order chi connectivity index (χ1) is 8.00. The summed E-state index contributed by atoms with van der Waals surface area (Å²) in [6.45, 7) is 7.88. The fourth-order valence-corrected chi connectivity index (χ4v) is 2.36. The fraction of sp³-hybridized carbons (Fsp3) is 0.615. The molecule has 0 radical (unpaired) electrons. The summed E-state index contributed by atoms with van der Waals surface area (Å²) in [5.74, 6) is 1.52. The van der Waals surface area contributed by atoms with Crippen LogP contribution in [0.25, 0.3) is 0 Å². The van der Waals surface area contributed by atoms with Gasteiger partial charge >= 0.3 is 0 Å². The molecule has 94 valence electrons. The molecule has 2 heterocycles. The van der Waals surface area contributed by atoms with Crippen molar-refractivity contribution in [3.05, 3.63) is 23.9 Å². The number of ether oxygens (including phenoxy) is 1. The molecule has 2 rings (SSSR count). The van der Waals surface area contributed by atoms with Gasteiger partial charge in [-0.2, -0.15) is 0 Å². The summed E-state index contributed by atoms with van der Waals surface area (Å²) in [7, 11) is 0. The molecule has 1 fully saturated rings. The van der Waals surface area contributed by atoms with Crippen molar-refractivity contribution in [1.82, 2.24) is 4.98 Å². The van der Waals surface area contributed by atoms with E-state index in [1.807, 2.05) is 13.1 Å². The first-order valence-corrected chi connectivity index (χ1v) is 6.45. The van der Waals surface area contributed by atoms with Gasteiger partial charge in [0.25, 0.3) is 0 Å². The second-order valence-electron chi connectivity index (χ2n) is 5.23. The molecule has 0 amide bonds. The van der Waals surface area contributed by atoms with Crippen LogP contribution < -0.4 is 4.90 Å². The highest BCUT2D eigenvalue weighted by Gasteiger charge is 2.33. The number of nitrogens with zero attached hydrogens (tertiary/aromatic N) is 2. The third-order valence-corrected chi connectivity index (χ3v) is 3.22. The second-order valence-corrected chi connectivity index (χ2v) is 5.54. The summed E-state index contributed by atoms with van der Waals surface area (Å²) < 4.78 is 5.90. The lowest BCUT2D eigenvalue weighted by atomic mass is 10.1. The average molecular weight is 255 g/mol. The van der Waals surface area contributed by atoms with Gasteiger partial charge in [0, 0.05) is 19.3 Å². The Morgan fingerprint density at radius 3 is 2.88 bits per heavy atom. The summed E-state index contributed by atoms with van der Waals surface area (Å²) in [5.41, 5.74) is 1.000. The van der Waals surface area contributed by atoms with Gasteiger partial charge < -0.3 is 9.64 Å². The molecule has 1 aromatic heterocycles. The summed E-state index contributed by atoms with van der Waals surface area (Å²) in [4.78, 5) is 6.71. The predicted octanol–water partition coefficient (Wildman–Crippen LogP) is 2.61. The standard InChI is InChI=1S/C13H19ClN2O/c1-10-4-5-12(15-7-10)16-8-11(6-14)17-13(2,3)9-16/h4-5,7,11H,6,8-9H2,1-3H3. The summed E-state index contributed by atoms with van der Waals surface area (Å²) >= 11 is 5.91. The van der Waals surface area contributed by atoms with Gasteiger partial charge in [0.15, 0.2) is 0 Å². The van der Waals surface area contributed by atoms with Crippen LogP contribution in [0.1, 0.15) is 19.4 Å². The fourth-order valence-electron chi connectivity index (χ4n) is 2.20. The van der Waals surface area contributed by atoms with E-state index in [0.29, 0.717) is 5.88 Å². The van der Waals surface area contributed by atoms with Gasteiger partial charge in [0.1, 0.15) is 5.82 Å². The number of alkyl halides is 1. The topological polar surface area (TPSA) is 25.4 Å². The first kappa shape index (κ1) is 12.7. The Labute approximate surface area is 108 Å². The van der Waals surface area contributed by atoms with Crippen LogP contribution in [-0.2, 0) is 4.74 Å². The van der Waals surface area contributed by atoms with Crippen molar-refractivity contribution in [3.63, 3.8) is 0 Å². The van der Waals surface area contributed by atoms with Crippen LogP contribution in [0.5, 0.6) is 0 Å². The highest BCUT2D eigenvalue weighted by atomic mass is 35.5. The monoisotopic (exact) mass is 254 g/mol. The molecule has 0 saturated carbocycles. The zero-order valence-corrected chi connectivity index (χ0v) is 11.4. The van der Waals surface area contributed by atoms with Gasteiger partial charge in [0.2, 0.25) is 0 Å². The van der Waals surface area contributed by atoms with E-state index in [1.54, 1.807) is 0 Å². The Kier molecular flexibility index (Phi) is 3.59. The molecule has 1 unspecified atom stereocenters. The minimum absolute atomic E-state index is 0.0727. The van der Waals surface area contributed by atoms with Gasteiger partial charge in [-0.3, -0.25) is 0 Å². The lowest BCUT2D eigenvalue weighted by Crippen LogP contribution is -2.53. The SMILES string of the molecule is Cc1ccc(N2CC(CCl)OC(C)(C)C2)nc1. The largest absolute Gasteiger partial charge is 0.367 e. The quantitative estimate of drug-likeness (QED) is 0.759. The highest BCUT2D eigenvalue weighted by molar-refractivity contribution is 6.18. The lowest BCUT2D eigenvalue weighted by Gasteiger charge is -2.42. The molecule has 0 bridgehead atoms. The lowest BCUT2D eigenvalue weighted by molar-refractivity contribution is -0.0736. The molecule has 1 aliphatic rings. The molecule has 0 spiro atoms. The molecule has 1 aromatic rings. The van der Waals surface area contributed by atoms with Crippen LogP contribution in [0.15, 0.2) is 18.3 Å². The number of aromatic nitrogens is 1. The van der Waals surface area contributed by atoms with Gasteiger partial charge in [-0.15, -0.1) is 11.6 Å². The van der Waals surface area contributed by atoms with Crippen molar-refractivity contribution in [2.45, 2.75) is 32.5 Å². The average Bonchev–Trinajstić information content (AvgIpc) is 2.27. The molecule has 1 aliphatic heterocycles. The molecule has 1 atom stereocenters. The van der Waals surface area contributed by atoms with E-state index >= 15 is 0 Å². The molecule has 1 saturated heterocycles. The first-order valence-electron chi connectivity index (χ1n) is 5.91. The molecule has 4 heteroatoms. The van der Waals surface area contributed by atoms with Crippen molar-refractivity contribution in [2.24, 2.45) is 0 Å². The van der Waals surface area contributed by atoms with Crippen LogP contribution in [0.3, 0.4) is 0 Å². The molecule has 17 heavy (non-hydrogen) atoms. The molecule has 0 aromatic carbocycles. The Hall–Kier alpha value is -0.800. The Balaban J connectivity index is 2.17. The number of hydrogen-bond donors (Lipinski definition) is 0. The van der Waals surface area contributed by atoms with Crippen LogP contribution in [0, 0.1) is 6.92 Å². The number of halogens is 1. The third-order valence-electron chi connectivity index (χ3n) is 2.87. The maximum absolute atomic E-state index is 5.91. The summed E-state index contributed by atoms with van der Waals surface area (Å²) in [6, 6.07) is 4.14. The summed E-state index contributed by atoms with van der Waals surface area (Å²) in [6.07, 6.45) is 1.97. The van der Waals surface area contributed by atoms with Crippen molar-refractivity contribution in [1.29, 1.82) is 0 Å². The van der Waals surface area contributed by atoms with Crippen molar-refractivity contribution in [2.75, 3.05) is 23.9 Å². The Morgan fingerprint density at radius 1 is 1.53 bits per heavy atom. The smallest absolute Gasteiger partial charge is 0.128 e. The van der Waals surface area contributed by atoms with E-state index in [0.717, 1.165) is 18.9 Å². The maximum Gasteiger partial charge on any atom is 0.128 e. The van der Waals surface area contributed by atoms with E-state index < -0.39 is 0 Å². The van der Waals surface area contributed by atoms with Gasteiger partial charge in [-0.05, 0) is 32.4 Å². The molecule has 0 aliphatic carbocycles. The third kappa shape index (κ3) is 3.11.